The third-order valence-corrected chi connectivity index (χ3v) is 3.03. The first kappa shape index (κ1) is 18.6. The highest BCUT2D eigenvalue weighted by Crippen LogP contribution is 2.25. The highest BCUT2D eigenvalue weighted by Gasteiger charge is 2.37. The fourth-order valence-corrected chi connectivity index (χ4v) is 2.17. The summed E-state index contributed by atoms with van der Waals surface area (Å²) >= 11 is 0. The summed E-state index contributed by atoms with van der Waals surface area (Å²) in [6.07, 6.45) is 2.63. The van der Waals surface area contributed by atoms with Crippen molar-refractivity contribution in [2.75, 3.05) is 13.2 Å². The topological polar surface area (TPSA) is 69.7 Å². The Balaban J connectivity index is 5.09. The van der Waals surface area contributed by atoms with Crippen LogP contribution in [-0.4, -0.2) is 30.9 Å². The number of ether oxygens (including phenoxy) is 2. The fraction of sp³-hybridized carbons (Fsp3) is 0.800. The number of carbonyl (C=O) groups excluding carboxylic acids is 3. The molecule has 0 N–H and O–H groups in total. The van der Waals surface area contributed by atoms with E-state index in [1.54, 1.807) is 13.8 Å². The first-order chi connectivity index (χ1) is 9.47. The van der Waals surface area contributed by atoms with Crippen LogP contribution in [0, 0.1) is 11.8 Å². The number of Topliss-reactive ketones (excluding diaryl/α,β-unsaturated/α-hetero) is 1. The highest BCUT2D eigenvalue weighted by molar-refractivity contribution is 5.95. The van der Waals surface area contributed by atoms with Gasteiger partial charge in [-0.15, -0.1) is 0 Å². The molecule has 0 spiro atoms. The molecule has 0 bridgehead atoms. The zero-order valence-corrected chi connectivity index (χ0v) is 12.9. The molecule has 20 heavy (non-hydrogen) atoms. The van der Waals surface area contributed by atoms with E-state index < -0.39 is 17.9 Å². The second-order valence-corrected chi connectivity index (χ2v) is 4.79. The minimum atomic E-state index is -0.995. The quantitative estimate of drug-likeness (QED) is 0.456. The van der Waals surface area contributed by atoms with E-state index in [0.717, 1.165) is 12.8 Å². The Morgan fingerprint density at radius 1 is 0.950 bits per heavy atom. The lowest BCUT2D eigenvalue weighted by molar-refractivity contribution is -0.164. The number of esters is 2. The van der Waals surface area contributed by atoms with Crippen LogP contribution in [0.1, 0.15) is 53.4 Å². The Labute approximate surface area is 121 Å². The van der Waals surface area contributed by atoms with E-state index in [9.17, 15) is 14.4 Å². The summed E-state index contributed by atoms with van der Waals surface area (Å²) in [4.78, 5) is 35.4. The Kier molecular flexibility index (Phi) is 9.68. The normalized spacial score (nSPS) is 12.1. The first-order valence-corrected chi connectivity index (χ1v) is 7.30. The van der Waals surface area contributed by atoms with Crippen molar-refractivity contribution in [2.45, 2.75) is 53.4 Å². The van der Waals surface area contributed by atoms with Gasteiger partial charge in [-0.25, -0.2) is 0 Å². The smallest absolute Gasteiger partial charge is 0.320 e. The summed E-state index contributed by atoms with van der Waals surface area (Å²) < 4.78 is 9.93. The molecule has 0 aliphatic rings. The Morgan fingerprint density at radius 2 is 1.45 bits per heavy atom. The molecule has 0 aromatic carbocycles. The van der Waals surface area contributed by atoms with Gasteiger partial charge in [-0.2, -0.15) is 0 Å². The molecule has 1 atom stereocenters. The monoisotopic (exact) mass is 286 g/mol. The molecule has 0 radical (unpaired) electrons. The summed E-state index contributed by atoms with van der Waals surface area (Å²) in [6, 6.07) is 0. The van der Waals surface area contributed by atoms with Gasteiger partial charge in [-0.3, -0.25) is 9.59 Å². The van der Waals surface area contributed by atoms with Crippen molar-refractivity contribution >= 4 is 17.7 Å². The number of carbonyl (C=O) groups is 3. The molecular formula is C15H26O5. The van der Waals surface area contributed by atoms with Gasteiger partial charge in [0.05, 0.1) is 13.2 Å². The summed E-state index contributed by atoms with van der Waals surface area (Å²) in [5.41, 5.74) is 0. The number of unbranched alkanes of at least 4 members (excludes halogenated alkanes) is 1. The third kappa shape index (κ3) is 6.68. The van der Waals surface area contributed by atoms with Gasteiger partial charge < -0.3 is 14.3 Å². The molecule has 0 saturated heterocycles. The van der Waals surface area contributed by atoms with Gasteiger partial charge >= 0.3 is 11.9 Å². The molecule has 1 unspecified atom stereocenters. The number of ketones is 1. The van der Waals surface area contributed by atoms with Crippen molar-refractivity contribution in [3.05, 3.63) is 0 Å². The fourth-order valence-electron chi connectivity index (χ4n) is 2.17. The molecule has 0 saturated carbocycles. The van der Waals surface area contributed by atoms with Crippen LogP contribution in [0.4, 0.5) is 0 Å². The van der Waals surface area contributed by atoms with Gasteiger partial charge in [0.2, 0.25) is 0 Å². The third-order valence-electron chi connectivity index (χ3n) is 3.03. The van der Waals surface area contributed by atoms with Crippen molar-refractivity contribution in [1.29, 1.82) is 0 Å². The van der Waals surface area contributed by atoms with Crippen LogP contribution in [0.25, 0.3) is 0 Å². The summed E-state index contributed by atoms with van der Waals surface area (Å²) in [5, 5.41) is 0. The molecule has 0 rings (SSSR count). The van der Waals surface area contributed by atoms with Crippen molar-refractivity contribution in [3.8, 4) is 0 Å². The maximum absolute atomic E-state index is 12.0. The number of rotatable bonds is 10. The predicted octanol–water partition coefficient (Wildman–Crippen LogP) is 2.51. The van der Waals surface area contributed by atoms with Gasteiger partial charge in [0, 0.05) is 6.42 Å². The van der Waals surface area contributed by atoms with Gasteiger partial charge in [-0.05, 0) is 33.1 Å². The number of hydrogen-bond donors (Lipinski definition) is 0. The Hall–Kier alpha value is -1.39. The molecule has 0 heterocycles. The zero-order valence-electron chi connectivity index (χ0n) is 12.9. The van der Waals surface area contributed by atoms with Gasteiger partial charge in [0.25, 0.3) is 0 Å². The molecule has 0 aromatic rings. The second-order valence-electron chi connectivity index (χ2n) is 4.79. The van der Waals surface area contributed by atoms with E-state index in [1.165, 1.54) is 6.92 Å². The Morgan fingerprint density at radius 3 is 1.80 bits per heavy atom. The van der Waals surface area contributed by atoms with Gasteiger partial charge in [-0.1, -0.05) is 19.8 Å². The van der Waals surface area contributed by atoms with E-state index in [1.807, 2.05) is 6.92 Å². The minimum Gasteiger partial charge on any atom is -0.465 e. The van der Waals surface area contributed by atoms with Crippen molar-refractivity contribution in [3.63, 3.8) is 0 Å². The lowest BCUT2D eigenvalue weighted by Gasteiger charge is -2.23. The van der Waals surface area contributed by atoms with Crippen LogP contribution in [0.5, 0.6) is 0 Å². The van der Waals surface area contributed by atoms with Crippen molar-refractivity contribution in [1.82, 2.24) is 0 Å². The van der Waals surface area contributed by atoms with Crippen LogP contribution >= 0.6 is 0 Å². The SMILES string of the molecule is CCCCC(CC(C)=O)C(C(=O)OCC)C(=O)OCC. The maximum Gasteiger partial charge on any atom is 0.320 e. The van der Waals surface area contributed by atoms with Crippen LogP contribution < -0.4 is 0 Å². The molecule has 0 aliphatic heterocycles. The summed E-state index contributed by atoms with van der Waals surface area (Å²) in [7, 11) is 0. The van der Waals surface area contributed by atoms with Gasteiger partial charge in [0.15, 0.2) is 5.92 Å². The summed E-state index contributed by atoms with van der Waals surface area (Å²) in [6.45, 7) is 7.27. The van der Waals surface area contributed by atoms with E-state index in [4.69, 9.17) is 9.47 Å². The zero-order chi connectivity index (χ0) is 15.5. The summed E-state index contributed by atoms with van der Waals surface area (Å²) in [5.74, 6) is -2.55. The largest absolute Gasteiger partial charge is 0.465 e. The molecule has 5 heteroatoms. The van der Waals surface area contributed by atoms with E-state index in [-0.39, 0.29) is 31.3 Å². The average molecular weight is 286 g/mol. The highest BCUT2D eigenvalue weighted by atomic mass is 16.6. The minimum absolute atomic E-state index is 0.0373. The van der Waals surface area contributed by atoms with E-state index in [2.05, 4.69) is 0 Å². The number of hydrogen-bond acceptors (Lipinski definition) is 5. The van der Waals surface area contributed by atoms with Crippen molar-refractivity contribution < 1.29 is 23.9 Å². The Bertz CT molecular complexity index is 306. The first-order valence-electron chi connectivity index (χ1n) is 7.30. The molecule has 0 aromatic heterocycles. The van der Waals surface area contributed by atoms with Crippen LogP contribution in [0.2, 0.25) is 0 Å². The standard InChI is InChI=1S/C15H26O5/c1-5-8-9-12(10-11(4)16)13(14(17)19-6-2)15(18)20-7-3/h12-13H,5-10H2,1-4H3. The lowest BCUT2D eigenvalue weighted by atomic mass is 9.84. The second kappa shape index (κ2) is 10.4. The van der Waals surface area contributed by atoms with Crippen LogP contribution in [-0.2, 0) is 23.9 Å². The average Bonchev–Trinajstić information content (AvgIpc) is 2.36. The molecular weight excluding hydrogens is 260 g/mol. The lowest BCUT2D eigenvalue weighted by Crippen LogP contribution is -2.35. The molecule has 0 fully saturated rings. The molecule has 116 valence electrons. The molecule has 0 amide bonds. The van der Waals surface area contributed by atoms with Gasteiger partial charge in [0.1, 0.15) is 5.78 Å². The predicted molar refractivity (Wildman–Crippen MR) is 75.1 cm³/mol. The molecule has 5 nitrogen and oxygen atoms in total. The maximum atomic E-state index is 12.0. The van der Waals surface area contributed by atoms with Crippen LogP contribution in [0.15, 0.2) is 0 Å². The molecule has 0 aliphatic carbocycles. The van der Waals surface area contributed by atoms with Crippen molar-refractivity contribution in [2.24, 2.45) is 11.8 Å². The van der Waals surface area contributed by atoms with Crippen LogP contribution in [0.3, 0.4) is 0 Å². The van der Waals surface area contributed by atoms with E-state index >= 15 is 0 Å². The van der Waals surface area contributed by atoms with E-state index in [0.29, 0.717) is 6.42 Å².